The number of carbonyl (C=O) groups excluding carboxylic acids is 1. The molecule has 0 fully saturated rings. The first-order valence-corrected chi connectivity index (χ1v) is 7.89. The molecule has 0 bridgehead atoms. The second-order valence-electron chi connectivity index (χ2n) is 5.16. The Labute approximate surface area is 139 Å². The van der Waals surface area contributed by atoms with Gasteiger partial charge in [0.2, 0.25) is 0 Å². The molecule has 0 saturated carbocycles. The predicted molar refractivity (Wildman–Crippen MR) is 89.5 cm³/mol. The number of hydrogen-bond donors (Lipinski definition) is 1. The molecule has 0 unspecified atom stereocenters. The van der Waals surface area contributed by atoms with Gasteiger partial charge in [0, 0.05) is 14.1 Å². The van der Waals surface area contributed by atoms with Gasteiger partial charge in [-0.2, -0.15) is 0 Å². The molecule has 1 amide bonds. The maximum absolute atomic E-state index is 12.3. The van der Waals surface area contributed by atoms with E-state index in [0.717, 1.165) is 16.1 Å². The fourth-order valence-corrected chi connectivity index (χ4v) is 2.98. The van der Waals surface area contributed by atoms with Crippen LogP contribution in [0.1, 0.15) is 22.3 Å². The standard InChI is InChI=1S/C14H14N6O3S/c1-4-9-10(24-18-17-9)12(21)16-7-5-8-11(15-6-7)19(2)14(23)20(3)13(8)22/h5-6H,4H2,1-3H3,(H,16,21). The number of nitrogens with zero attached hydrogens (tertiary/aromatic N) is 5. The van der Waals surface area contributed by atoms with Crippen molar-refractivity contribution in [3.05, 3.63) is 43.7 Å². The van der Waals surface area contributed by atoms with Crippen LogP contribution in [0.25, 0.3) is 11.0 Å². The van der Waals surface area contributed by atoms with Crippen LogP contribution in [-0.2, 0) is 20.5 Å². The van der Waals surface area contributed by atoms with Crippen LogP contribution < -0.4 is 16.6 Å². The number of anilines is 1. The topological polar surface area (TPSA) is 112 Å². The minimum absolute atomic E-state index is 0.246. The van der Waals surface area contributed by atoms with Crippen molar-refractivity contribution in [3.63, 3.8) is 0 Å². The van der Waals surface area contributed by atoms with E-state index in [1.54, 1.807) is 0 Å². The van der Waals surface area contributed by atoms with Gasteiger partial charge in [0.05, 0.1) is 23.0 Å². The highest BCUT2D eigenvalue weighted by molar-refractivity contribution is 7.08. The first-order valence-electron chi connectivity index (χ1n) is 7.12. The van der Waals surface area contributed by atoms with E-state index in [-0.39, 0.29) is 16.9 Å². The van der Waals surface area contributed by atoms with Gasteiger partial charge in [-0.25, -0.2) is 9.78 Å². The minimum atomic E-state index is -0.467. The van der Waals surface area contributed by atoms with Crippen LogP contribution in [0.5, 0.6) is 0 Å². The number of aromatic nitrogens is 5. The fourth-order valence-electron chi connectivity index (χ4n) is 2.33. The summed E-state index contributed by atoms with van der Waals surface area (Å²) < 4.78 is 6.06. The van der Waals surface area contributed by atoms with Crippen LogP contribution in [0.3, 0.4) is 0 Å². The first kappa shape index (κ1) is 16.0. The molecule has 0 saturated heterocycles. The molecule has 1 N–H and O–H groups in total. The van der Waals surface area contributed by atoms with Crippen molar-refractivity contribution in [2.45, 2.75) is 13.3 Å². The zero-order valence-electron chi connectivity index (χ0n) is 13.2. The van der Waals surface area contributed by atoms with Crippen molar-refractivity contribution < 1.29 is 4.79 Å². The lowest BCUT2D eigenvalue weighted by atomic mass is 10.2. The van der Waals surface area contributed by atoms with Gasteiger partial charge in [-0.3, -0.25) is 18.7 Å². The highest BCUT2D eigenvalue weighted by Crippen LogP contribution is 2.16. The van der Waals surface area contributed by atoms with Gasteiger partial charge in [0.25, 0.3) is 11.5 Å². The van der Waals surface area contributed by atoms with Crippen LogP contribution in [0.4, 0.5) is 5.69 Å². The second kappa shape index (κ2) is 5.96. The molecule has 0 aromatic carbocycles. The van der Waals surface area contributed by atoms with Crippen LogP contribution >= 0.6 is 11.5 Å². The molecule has 0 atom stereocenters. The molecule has 10 heteroatoms. The summed E-state index contributed by atoms with van der Waals surface area (Å²) in [4.78, 5) is 41.0. The Bertz CT molecular complexity index is 1060. The van der Waals surface area contributed by atoms with Crippen LogP contribution in [0, 0.1) is 0 Å². The van der Waals surface area contributed by atoms with Crippen molar-refractivity contribution in [2.75, 3.05) is 5.32 Å². The van der Waals surface area contributed by atoms with E-state index in [9.17, 15) is 14.4 Å². The molecule has 3 heterocycles. The Morgan fingerprint density at radius 2 is 2.04 bits per heavy atom. The summed E-state index contributed by atoms with van der Waals surface area (Å²) in [5.41, 5.74) is 0.309. The van der Waals surface area contributed by atoms with Crippen molar-refractivity contribution in [1.82, 2.24) is 23.7 Å². The molecule has 0 aliphatic rings. The maximum Gasteiger partial charge on any atom is 0.332 e. The van der Waals surface area contributed by atoms with E-state index in [4.69, 9.17) is 0 Å². The Balaban J connectivity index is 2.04. The Hall–Kier alpha value is -2.88. The highest BCUT2D eigenvalue weighted by atomic mass is 32.1. The highest BCUT2D eigenvalue weighted by Gasteiger charge is 2.16. The molecular formula is C14H14N6O3S. The molecule has 24 heavy (non-hydrogen) atoms. The van der Waals surface area contributed by atoms with E-state index in [0.29, 0.717) is 22.7 Å². The van der Waals surface area contributed by atoms with E-state index < -0.39 is 11.2 Å². The molecule has 124 valence electrons. The number of aryl methyl sites for hydroxylation is 2. The van der Waals surface area contributed by atoms with Gasteiger partial charge in [-0.05, 0) is 24.0 Å². The Kier molecular flexibility index (Phi) is 3.97. The molecule has 3 aromatic rings. The number of pyridine rings is 1. The third-order valence-electron chi connectivity index (χ3n) is 3.65. The van der Waals surface area contributed by atoms with Crippen molar-refractivity contribution in [1.29, 1.82) is 0 Å². The predicted octanol–water partition coefficient (Wildman–Crippen LogP) is 0.298. The molecule has 3 aromatic heterocycles. The SMILES string of the molecule is CCc1nnsc1C(=O)Nc1cnc2c(c1)c(=O)n(C)c(=O)n2C. The number of nitrogens with one attached hydrogen (secondary N) is 1. The largest absolute Gasteiger partial charge is 0.332 e. The Morgan fingerprint density at radius 3 is 2.75 bits per heavy atom. The third kappa shape index (κ3) is 2.50. The van der Waals surface area contributed by atoms with E-state index in [1.165, 1.54) is 30.9 Å². The number of hydrogen-bond acceptors (Lipinski definition) is 7. The lowest BCUT2D eigenvalue weighted by molar-refractivity contribution is 0.102. The van der Waals surface area contributed by atoms with Crippen molar-refractivity contribution >= 4 is 34.2 Å². The van der Waals surface area contributed by atoms with Crippen LogP contribution in [0.15, 0.2) is 21.9 Å². The quantitative estimate of drug-likeness (QED) is 0.730. The van der Waals surface area contributed by atoms with Crippen molar-refractivity contribution in [2.24, 2.45) is 14.1 Å². The fraction of sp³-hybridized carbons (Fsp3) is 0.286. The minimum Gasteiger partial charge on any atom is -0.320 e. The first-order chi connectivity index (χ1) is 11.4. The smallest absolute Gasteiger partial charge is 0.320 e. The molecular weight excluding hydrogens is 332 g/mol. The van der Waals surface area contributed by atoms with Crippen LogP contribution in [-0.4, -0.2) is 29.6 Å². The molecule has 0 aliphatic heterocycles. The summed E-state index contributed by atoms with van der Waals surface area (Å²) >= 11 is 1.01. The van der Waals surface area contributed by atoms with Gasteiger partial charge >= 0.3 is 5.69 Å². The van der Waals surface area contributed by atoms with Crippen molar-refractivity contribution in [3.8, 4) is 0 Å². The molecule has 0 radical (unpaired) electrons. The average Bonchev–Trinajstić information content (AvgIpc) is 3.07. The van der Waals surface area contributed by atoms with Gasteiger partial charge in [0.15, 0.2) is 0 Å². The maximum atomic E-state index is 12.3. The summed E-state index contributed by atoms with van der Waals surface area (Å²) in [5.74, 6) is -0.357. The number of carbonyl (C=O) groups is 1. The summed E-state index contributed by atoms with van der Waals surface area (Å²) in [6.45, 7) is 1.88. The third-order valence-corrected chi connectivity index (χ3v) is 4.41. The normalized spacial score (nSPS) is 11.0. The molecule has 9 nitrogen and oxygen atoms in total. The number of fused-ring (bicyclic) bond motifs is 1. The summed E-state index contributed by atoms with van der Waals surface area (Å²) in [5, 5.41) is 6.83. The van der Waals surface area contributed by atoms with E-state index >= 15 is 0 Å². The van der Waals surface area contributed by atoms with E-state index in [2.05, 4.69) is 19.9 Å². The lowest BCUT2D eigenvalue weighted by Crippen LogP contribution is -2.37. The summed E-state index contributed by atoms with van der Waals surface area (Å²) in [6, 6.07) is 1.50. The van der Waals surface area contributed by atoms with Gasteiger partial charge in [-0.1, -0.05) is 11.4 Å². The average molecular weight is 346 g/mol. The molecule has 0 spiro atoms. The van der Waals surface area contributed by atoms with Gasteiger partial charge < -0.3 is 5.32 Å². The van der Waals surface area contributed by atoms with Crippen LogP contribution in [0.2, 0.25) is 0 Å². The van der Waals surface area contributed by atoms with Gasteiger partial charge in [0.1, 0.15) is 10.5 Å². The lowest BCUT2D eigenvalue weighted by Gasteiger charge is -2.08. The van der Waals surface area contributed by atoms with E-state index in [1.807, 2.05) is 6.92 Å². The number of amides is 1. The molecule has 0 aliphatic carbocycles. The second-order valence-corrected chi connectivity index (χ2v) is 5.91. The zero-order valence-corrected chi connectivity index (χ0v) is 14.0. The number of rotatable bonds is 3. The zero-order chi connectivity index (χ0) is 17.4. The van der Waals surface area contributed by atoms with Gasteiger partial charge in [-0.15, -0.1) is 5.10 Å². The Morgan fingerprint density at radius 1 is 1.29 bits per heavy atom. The summed E-state index contributed by atoms with van der Waals surface area (Å²) in [6.07, 6.45) is 2.00. The summed E-state index contributed by atoms with van der Waals surface area (Å²) in [7, 11) is 2.93. The molecule has 3 rings (SSSR count). The monoisotopic (exact) mass is 346 g/mol.